The molecule has 8 heteroatoms. The highest BCUT2D eigenvalue weighted by Gasteiger charge is 2.38. The number of aliphatic carboxylic acids is 1. The van der Waals surface area contributed by atoms with E-state index in [-0.39, 0.29) is 5.97 Å². The molecule has 0 aromatic heterocycles. The predicted octanol–water partition coefficient (Wildman–Crippen LogP) is 4.10. The van der Waals surface area contributed by atoms with Crippen molar-refractivity contribution in [3.05, 3.63) is 35.9 Å². The highest BCUT2D eigenvalue weighted by Crippen LogP contribution is 2.21. The summed E-state index contributed by atoms with van der Waals surface area (Å²) >= 11 is 0. The summed E-state index contributed by atoms with van der Waals surface area (Å²) in [7, 11) is 0. The number of halogens is 3. The first-order valence-electron chi connectivity index (χ1n) is 8.40. The highest BCUT2D eigenvalue weighted by atomic mass is 19.4. The molecule has 0 unspecified atom stereocenters. The van der Waals surface area contributed by atoms with Crippen molar-refractivity contribution in [1.29, 1.82) is 0 Å². The van der Waals surface area contributed by atoms with Gasteiger partial charge in [0.2, 0.25) is 0 Å². The van der Waals surface area contributed by atoms with Crippen LogP contribution in [0.4, 0.5) is 13.2 Å². The predicted molar refractivity (Wildman–Crippen MR) is 87.4 cm³/mol. The Morgan fingerprint density at radius 3 is 2.23 bits per heavy atom. The number of carbonyl (C=O) groups excluding carboxylic acids is 1. The molecule has 0 bridgehead atoms. The zero-order chi connectivity index (χ0) is 19.4. The molecule has 0 spiro atoms. The van der Waals surface area contributed by atoms with Gasteiger partial charge in [0.05, 0.1) is 6.10 Å². The molecule has 1 aliphatic rings. The fraction of sp³-hybridized carbons (Fsp3) is 0.556. The number of benzene rings is 1. The first-order chi connectivity index (χ1) is 12.3. The Balaban J connectivity index is 0.000000412. The van der Waals surface area contributed by atoms with E-state index in [0.717, 1.165) is 12.0 Å². The van der Waals surface area contributed by atoms with Gasteiger partial charge in [-0.1, -0.05) is 43.2 Å². The maximum atomic E-state index is 11.5. The first-order valence-corrected chi connectivity index (χ1v) is 8.40. The van der Waals surface area contributed by atoms with E-state index >= 15 is 0 Å². The van der Waals surface area contributed by atoms with Crippen molar-refractivity contribution in [3.8, 4) is 0 Å². The number of hydrogen-bond donors (Lipinski definition) is 1. The molecule has 5 nitrogen and oxygen atoms in total. The lowest BCUT2D eigenvalue weighted by Crippen LogP contribution is -2.21. The minimum atomic E-state index is -5.08. The monoisotopic (exact) mass is 376 g/mol. The van der Waals surface area contributed by atoms with Crippen molar-refractivity contribution in [3.63, 3.8) is 0 Å². The van der Waals surface area contributed by atoms with Crippen LogP contribution in [0.1, 0.15) is 44.1 Å². The number of carbonyl (C=O) groups is 2. The Kier molecular flexibility index (Phi) is 9.72. The zero-order valence-electron chi connectivity index (χ0n) is 14.3. The third-order valence-electron chi connectivity index (χ3n) is 3.67. The number of hydrogen-bond acceptors (Lipinski definition) is 4. The number of ether oxygens (including phenoxy) is 2. The van der Waals surface area contributed by atoms with E-state index in [1.54, 1.807) is 0 Å². The van der Waals surface area contributed by atoms with Gasteiger partial charge < -0.3 is 14.6 Å². The average Bonchev–Trinajstić information content (AvgIpc) is 3.11. The van der Waals surface area contributed by atoms with E-state index in [1.807, 2.05) is 30.3 Å². The molecule has 0 saturated heterocycles. The molecular weight excluding hydrogens is 353 g/mol. The van der Waals surface area contributed by atoms with Crippen LogP contribution in [0.15, 0.2) is 30.3 Å². The third-order valence-corrected chi connectivity index (χ3v) is 3.67. The second-order valence-electron chi connectivity index (χ2n) is 5.83. The van der Waals surface area contributed by atoms with Crippen LogP contribution in [0.5, 0.6) is 0 Å². The van der Waals surface area contributed by atoms with Crippen LogP contribution in [-0.4, -0.2) is 35.9 Å². The van der Waals surface area contributed by atoms with E-state index in [9.17, 15) is 18.0 Å². The van der Waals surface area contributed by atoms with Gasteiger partial charge in [-0.15, -0.1) is 0 Å². The zero-order valence-corrected chi connectivity index (χ0v) is 14.3. The minimum Gasteiger partial charge on any atom is -0.475 e. The Morgan fingerprint density at radius 2 is 1.69 bits per heavy atom. The van der Waals surface area contributed by atoms with E-state index in [2.05, 4.69) is 0 Å². The van der Waals surface area contributed by atoms with Gasteiger partial charge in [0.15, 0.2) is 0 Å². The Bertz CT molecular complexity index is 540. The molecule has 1 aromatic rings. The summed E-state index contributed by atoms with van der Waals surface area (Å²) in [5, 5.41) is 7.12. The molecule has 0 heterocycles. The molecule has 0 atom stereocenters. The highest BCUT2D eigenvalue weighted by molar-refractivity contribution is 5.73. The van der Waals surface area contributed by atoms with Gasteiger partial charge in [0.1, 0.15) is 6.61 Å². The molecule has 1 fully saturated rings. The molecule has 0 amide bonds. The molecule has 0 radical (unpaired) electrons. The van der Waals surface area contributed by atoms with Gasteiger partial charge in [0, 0.05) is 13.0 Å². The Labute approximate surface area is 150 Å². The van der Waals surface area contributed by atoms with E-state index < -0.39 is 12.1 Å². The summed E-state index contributed by atoms with van der Waals surface area (Å²) in [6.07, 6.45) is 1.47. The summed E-state index contributed by atoms with van der Waals surface area (Å²) in [6, 6.07) is 9.75. The topological polar surface area (TPSA) is 72.8 Å². The van der Waals surface area contributed by atoms with Crippen LogP contribution < -0.4 is 0 Å². The molecule has 1 aliphatic carbocycles. The van der Waals surface area contributed by atoms with Gasteiger partial charge in [0.25, 0.3) is 0 Å². The van der Waals surface area contributed by atoms with Crippen LogP contribution >= 0.6 is 0 Å². The lowest BCUT2D eigenvalue weighted by atomic mass is 10.2. The maximum absolute atomic E-state index is 11.5. The van der Waals surface area contributed by atoms with Crippen molar-refractivity contribution in [2.75, 3.05) is 6.61 Å². The third kappa shape index (κ3) is 10.0. The summed E-state index contributed by atoms with van der Waals surface area (Å²) in [4.78, 5) is 20.4. The summed E-state index contributed by atoms with van der Waals surface area (Å²) in [6.45, 7) is 1.04. The van der Waals surface area contributed by atoms with Gasteiger partial charge in [-0.2, -0.15) is 13.2 Å². The van der Waals surface area contributed by atoms with Crippen LogP contribution in [-0.2, 0) is 25.7 Å². The average molecular weight is 376 g/mol. The van der Waals surface area contributed by atoms with Crippen molar-refractivity contribution in [2.24, 2.45) is 0 Å². The molecule has 0 aliphatic heterocycles. The van der Waals surface area contributed by atoms with Gasteiger partial charge in [-0.25, -0.2) is 4.79 Å². The van der Waals surface area contributed by atoms with Crippen LogP contribution in [0.2, 0.25) is 0 Å². The van der Waals surface area contributed by atoms with Crippen molar-refractivity contribution in [1.82, 2.24) is 0 Å². The molecule has 146 valence electrons. The fourth-order valence-electron chi connectivity index (χ4n) is 2.33. The normalized spacial score (nSPS) is 14.4. The molecule has 1 saturated carbocycles. The van der Waals surface area contributed by atoms with Crippen LogP contribution in [0.3, 0.4) is 0 Å². The summed E-state index contributed by atoms with van der Waals surface area (Å²) in [5.41, 5.74) is 1.03. The number of rotatable bonds is 7. The van der Waals surface area contributed by atoms with Gasteiger partial charge in [-0.05, 0) is 24.8 Å². The van der Waals surface area contributed by atoms with E-state index in [4.69, 9.17) is 19.4 Å². The second-order valence-corrected chi connectivity index (χ2v) is 5.83. The van der Waals surface area contributed by atoms with Crippen molar-refractivity contribution >= 4 is 11.9 Å². The fourth-order valence-corrected chi connectivity index (χ4v) is 2.33. The van der Waals surface area contributed by atoms with E-state index in [0.29, 0.717) is 25.7 Å². The SMILES string of the molecule is O=C(CCCOC1CCCC1)OCc1ccccc1.O=C(O)C(F)(F)F. The second kappa shape index (κ2) is 11.5. The van der Waals surface area contributed by atoms with Crippen molar-refractivity contribution in [2.45, 2.75) is 57.4 Å². The smallest absolute Gasteiger partial charge is 0.475 e. The molecule has 26 heavy (non-hydrogen) atoms. The number of alkyl halides is 3. The first kappa shape index (κ1) is 22.0. The quantitative estimate of drug-likeness (QED) is 0.573. The van der Waals surface area contributed by atoms with Crippen LogP contribution in [0.25, 0.3) is 0 Å². The maximum Gasteiger partial charge on any atom is 0.490 e. The Morgan fingerprint density at radius 1 is 1.12 bits per heavy atom. The van der Waals surface area contributed by atoms with Gasteiger partial charge in [-0.3, -0.25) is 4.79 Å². The summed E-state index contributed by atoms with van der Waals surface area (Å²) < 4.78 is 42.7. The number of carboxylic acid groups (broad SMARTS) is 1. The van der Waals surface area contributed by atoms with E-state index in [1.165, 1.54) is 25.7 Å². The molecule has 2 rings (SSSR count). The summed E-state index contributed by atoms with van der Waals surface area (Å²) in [5.74, 6) is -2.90. The lowest BCUT2D eigenvalue weighted by Gasteiger charge is -2.10. The van der Waals surface area contributed by atoms with Gasteiger partial charge >= 0.3 is 18.1 Å². The standard InChI is InChI=1S/C16H22O3.C2HF3O2/c17-16(19-13-14-7-2-1-3-8-14)11-6-12-18-15-9-4-5-10-15;3-2(4,5)1(6)7/h1-3,7-8,15H,4-6,9-13H2;(H,6,7). The molecule has 1 aromatic carbocycles. The number of esters is 1. The van der Waals surface area contributed by atoms with Crippen LogP contribution in [0, 0.1) is 0 Å². The Hall–Kier alpha value is -2.09. The largest absolute Gasteiger partial charge is 0.490 e. The number of carboxylic acids is 1. The molecule has 1 N–H and O–H groups in total. The minimum absolute atomic E-state index is 0.140. The molecular formula is C18H23F3O5. The lowest BCUT2D eigenvalue weighted by molar-refractivity contribution is -0.192. The van der Waals surface area contributed by atoms with Crippen molar-refractivity contribution < 1.29 is 37.3 Å².